The van der Waals surface area contributed by atoms with Crippen LogP contribution in [-0.4, -0.2) is 29.4 Å². The molecule has 2 rings (SSSR count). The molecule has 1 saturated heterocycles. The quantitative estimate of drug-likeness (QED) is 0.548. The van der Waals surface area contributed by atoms with E-state index in [1.807, 2.05) is 0 Å². The van der Waals surface area contributed by atoms with Gasteiger partial charge in [0.1, 0.15) is 5.69 Å². The Morgan fingerprint density at radius 1 is 1.56 bits per heavy atom. The summed E-state index contributed by atoms with van der Waals surface area (Å²) in [6.07, 6.45) is 2.70. The van der Waals surface area contributed by atoms with E-state index in [4.69, 9.17) is 5.73 Å². The molecule has 1 aliphatic rings. The highest BCUT2D eigenvalue weighted by Gasteiger charge is 2.20. The molecule has 1 aliphatic heterocycles. The molecule has 2 heterocycles. The Labute approximate surface area is 92.6 Å². The van der Waals surface area contributed by atoms with Crippen LogP contribution in [0.5, 0.6) is 0 Å². The number of carbonyl (C=O) groups excluding carboxylic acids is 2. The molecule has 6 heteroatoms. The van der Waals surface area contributed by atoms with Gasteiger partial charge in [0.2, 0.25) is 5.91 Å². The largest absolute Gasteiger partial charge is 0.397 e. The van der Waals surface area contributed by atoms with Gasteiger partial charge in [-0.2, -0.15) is 0 Å². The fourth-order valence-corrected chi connectivity index (χ4v) is 1.66. The summed E-state index contributed by atoms with van der Waals surface area (Å²) in [5, 5.41) is 5.53. The lowest BCUT2D eigenvalue weighted by atomic mass is 10.1. The van der Waals surface area contributed by atoms with E-state index in [1.165, 1.54) is 0 Å². The summed E-state index contributed by atoms with van der Waals surface area (Å²) in [6, 6.07) is 1.58. The third-order valence-corrected chi connectivity index (χ3v) is 2.55. The summed E-state index contributed by atoms with van der Waals surface area (Å²) in [7, 11) is 0. The zero-order valence-corrected chi connectivity index (χ0v) is 8.75. The van der Waals surface area contributed by atoms with Gasteiger partial charge < -0.3 is 21.4 Å². The van der Waals surface area contributed by atoms with Gasteiger partial charge in [-0.25, -0.2) is 0 Å². The third kappa shape index (κ3) is 2.33. The van der Waals surface area contributed by atoms with Crippen molar-refractivity contribution in [3.8, 4) is 0 Å². The molecule has 1 atom stereocenters. The Morgan fingerprint density at radius 2 is 2.38 bits per heavy atom. The predicted octanol–water partition coefficient (Wildman–Crippen LogP) is -0.395. The first-order valence-electron chi connectivity index (χ1n) is 5.16. The van der Waals surface area contributed by atoms with Crippen LogP contribution in [0, 0.1) is 0 Å². The maximum absolute atomic E-state index is 11.7. The monoisotopic (exact) mass is 222 g/mol. The Hall–Kier alpha value is -1.98. The molecule has 0 aliphatic carbocycles. The number of amides is 2. The summed E-state index contributed by atoms with van der Waals surface area (Å²) >= 11 is 0. The van der Waals surface area contributed by atoms with Crippen molar-refractivity contribution in [2.24, 2.45) is 0 Å². The standard InChI is InChI=1S/C10H14N4O2/c11-6-3-8(12-4-6)10(16)14-7-1-2-9(15)13-5-7/h3-4,7,12H,1-2,5,11H2,(H,13,15)(H,14,16). The highest BCUT2D eigenvalue weighted by molar-refractivity contribution is 5.93. The van der Waals surface area contributed by atoms with Crippen molar-refractivity contribution in [1.82, 2.24) is 15.6 Å². The number of nitrogens with one attached hydrogen (secondary N) is 3. The van der Waals surface area contributed by atoms with Crippen LogP contribution in [0.3, 0.4) is 0 Å². The Bertz CT molecular complexity index is 403. The zero-order valence-electron chi connectivity index (χ0n) is 8.75. The molecule has 1 aromatic heterocycles. The van der Waals surface area contributed by atoms with Crippen LogP contribution >= 0.6 is 0 Å². The lowest BCUT2D eigenvalue weighted by Crippen LogP contribution is -2.47. The number of carbonyl (C=O) groups is 2. The zero-order chi connectivity index (χ0) is 11.5. The minimum atomic E-state index is -0.196. The molecule has 86 valence electrons. The van der Waals surface area contributed by atoms with E-state index in [0.29, 0.717) is 30.8 Å². The number of nitrogens with two attached hydrogens (primary N) is 1. The molecule has 0 saturated carbocycles. The Morgan fingerprint density at radius 3 is 2.94 bits per heavy atom. The highest BCUT2D eigenvalue weighted by atomic mass is 16.2. The minimum Gasteiger partial charge on any atom is -0.397 e. The summed E-state index contributed by atoms with van der Waals surface area (Å²) in [5.41, 5.74) is 6.47. The Balaban J connectivity index is 1.90. The summed E-state index contributed by atoms with van der Waals surface area (Å²) in [4.78, 5) is 25.4. The molecule has 1 fully saturated rings. The van der Waals surface area contributed by atoms with Gasteiger partial charge in [-0.1, -0.05) is 0 Å². The van der Waals surface area contributed by atoms with Crippen LogP contribution in [0.15, 0.2) is 12.3 Å². The number of anilines is 1. The Kier molecular flexibility index (Phi) is 2.80. The third-order valence-electron chi connectivity index (χ3n) is 2.55. The molecule has 5 N–H and O–H groups in total. The summed E-state index contributed by atoms with van der Waals surface area (Å²) < 4.78 is 0. The van der Waals surface area contributed by atoms with Crippen LogP contribution < -0.4 is 16.4 Å². The van der Waals surface area contributed by atoms with E-state index in [9.17, 15) is 9.59 Å². The van der Waals surface area contributed by atoms with Crippen LogP contribution in [0.2, 0.25) is 0 Å². The van der Waals surface area contributed by atoms with E-state index in [0.717, 1.165) is 0 Å². The molecular formula is C10H14N4O2. The lowest BCUT2D eigenvalue weighted by Gasteiger charge is -2.23. The first-order valence-corrected chi connectivity index (χ1v) is 5.16. The second-order valence-electron chi connectivity index (χ2n) is 3.86. The fraction of sp³-hybridized carbons (Fsp3) is 0.400. The molecule has 0 spiro atoms. The summed E-state index contributed by atoms with van der Waals surface area (Å²) in [5.74, 6) is -0.160. The van der Waals surface area contributed by atoms with Crippen molar-refractivity contribution in [2.45, 2.75) is 18.9 Å². The number of rotatable bonds is 2. The number of aromatic nitrogens is 1. The van der Waals surface area contributed by atoms with Gasteiger partial charge in [0.25, 0.3) is 5.91 Å². The van der Waals surface area contributed by atoms with Crippen molar-refractivity contribution < 1.29 is 9.59 Å². The van der Waals surface area contributed by atoms with Crippen LogP contribution in [0.1, 0.15) is 23.3 Å². The highest BCUT2D eigenvalue weighted by Crippen LogP contribution is 2.07. The number of hydrogen-bond acceptors (Lipinski definition) is 3. The van der Waals surface area contributed by atoms with Gasteiger partial charge >= 0.3 is 0 Å². The van der Waals surface area contributed by atoms with Crippen molar-refractivity contribution in [3.05, 3.63) is 18.0 Å². The van der Waals surface area contributed by atoms with Crippen LogP contribution in [0.4, 0.5) is 5.69 Å². The maximum atomic E-state index is 11.7. The lowest BCUT2D eigenvalue weighted by molar-refractivity contribution is -0.122. The van der Waals surface area contributed by atoms with Gasteiger partial charge in [0, 0.05) is 30.9 Å². The predicted molar refractivity (Wildman–Crippen MR) is 58.7 cm³/mol. The van der Waals surface area contributed by atoms with E-state index in [1.54, 1.807) is 12.3 Å². The smallest absolute Gasteiger partial charge is 0.268 e. The molecule has 6 nitrogen and oxygen atoms in total. The SMILES string of the molecule is Nc1c[nH]c(C(=O)NC2CCC(=O)NC2)c1. The van der Waals surface area contributed by atoms with E-state index in [-0.39, 0.29) is 17.9 Å². The fourth-order valence-electron chi connectivity index (χ4n) is 1.66. The van der Waals surface area contributed by atoms with Crippen LogP contribution in [-0.2, 0) is 4.79 Å². The van der Waals surface area contributed by atoms with Gasteiger partial charge in [0.05, 0.1) is 0 Å². The van der Waals surface area contributed by atoms with Gasteiger partial charge in [-0.3, -0.25) is 9.59 Å². The number of piperidine rings is 1. The van der Waals surface area contributed by atoms with Crippen molar-refractivity contribution in [1.29, 1.82) is 0 Å². The van der Waals surface area contributed by atoms with Crippen molar-refractivity contribution in [2.75, 3.05) is 12.3 Å². The first kappa shape index (κ1) is 10.5. The number of aromatic amines is 1. The minimum absolute atomic E-state index is 0.00488. The maximum Gasteiger partial charge on any atom is 0.268 e. The van der Waals surface area contributed by atoms with Crippen LogP contribution in [0.25, 0.3) is 0 Å². The molecule has 16 heavy (non-hydrogen) atoms. The second-order valence-corrected chi connectivity index (χ2v) is 3.86. The molecular weight excluding hydrogens is 208 g/mol. The topological polar surface area (TPSA) is 100 Å². The van der Waals surface area contributed by atoms with Gasteiger partial charge in [0.15, 0.2) is 0 Å². The molecule has 0 aromatic carbocycles. The average Bonchev–Trinajstić information content (AvgIpc) is 2.68. The van der Waals surface area contributed by atoms with Gasteiger partial charge in [-0.15, -0.1) is 0 Å². The van der Waals surface area contributed by atoms with E-state index < -0.39 is 0 Å². The number of nitrogen functional groups attached to an aromatic ring is 1. The van der Waals surface area contributed by atoms with E-state index in [2.05, 4.69) is 15.6 Å². The van der Waals surface area contributed by atoms with Crippen molar-refractivity contribution >= 4 is 17.5 Å². The van der Waals surface area contributed by atoms with Crippen molar-refractivity contribution in [3.63, 3.8) is 0 Å². The molecule has 0 radical (unpaired) electrons. The molecule has 2 amide bonds. The van der Waals surface area contributed by atoms with E-state index >= 15 is 0 Å². The average molecular weight is 222 g/mol. The number of H-pyrrole nitrogens is 1. The normalized spacial score (nSPS) is 20.2. The molecule has 1 aromatic rings. The first-order chi connectivity index (χ1) is 7.65. The van der Waals surface area contributed by atoms with Gasteiger partial charge in [-0.05, 0) is 12.5 Å². The summed E-state index contributed by atoms with van der Waals surface area (Å²) in [6.45, 7) is 0.487. The second kappa shape index (κ2) is 4.26. The molecule has 0 bridgehead atoms. The number of hydrogen-bond donors (Lipinski definition) is 4. The molecule has 1 unspecified atom stereocenters.